The van der Waals surface area contributed by atoms with Crippen molar-refractivity contribution in [3.8, 4) is 0 Å². The van der Waals surface area contributed by atoms with Gasteiger partial charge < -0.3 is 0 Å². The molecule has 1 nitrogen and oxygen atoms in total. The van der Waals surface area contributed by atoms with E-state index in [9.17, 15) is 4.79 Å². The van der Waals surface area contributed by atoms with E-state index in [-0.39, 0.29) is 5.78 Å². The first kappa shape index (κ1) is 6.60. The van der Waals surface area contributed by atoms with Gasteiger partial charge in [0, 0.05) is 0 Å². The van der Waals surface area contributed by atoms with E-state index in [1.54, 1.807) is 6.92 Å². The molecule has 0 unspecified atom stereocenters. The van der Waals surface area contributed by atoms with Crippen molar-refractivity contribution in [1.82, 2.24) is 0 Å². The Balaban J connectivity index is 3.32. The molecule has 1 radical (unpaired) electrons. The van der Waals surface area contributed by atoms with Crippen molar-refractivity contribution in [1.29, 1.82) is 0 Å². The Kier molecular flexibility index (Phi) is 2.57. The molecule has 37 valence electrons. The van der Waals surface area contributed by atoms with Gasteiger partial charge in [-0.25, -0.2) is 0 Å². The van der Waals surface area contributed by atoms with Crippen LogP contribution in [0.4, 0.5) is 0 Å². The zero-order chi connectivity index (χ0) is 5.86. The second kappa shape index (κ2) is 2.72. The van der Waals surface area contributed by atoms with Crippen LogP contribution in [0.3, 0.4) is 0 Å². The molecule has 0 amide bonds. The molecule has 0 spiro atoms. The maximum atomic E-state index is 10.2. The van der Waals surface area contributed by atoms with Crippen LogP contribution in [-0.4, -0.2) is 18.7 Å². The van der Waals surface area contributed by atoms with Crippen LogP contribution in [0.1, 0.15) is 20.3 Å². The molecule has 0 aliphatic heterocycles. The molecular formula is C5H8BO. The quantitative estimate of drug-likeness (QED) is 0.451. The Labute approximate surface area is 44.8 Å². The Hall–Kier alpha value is -0.395. The molecule has 0 aromatic rings. The van der Waals surface area contributed by atoms with E-state index >= 15 is 0 Å². The van der Waals surface area contributed by atoms with Gasteiger partial charge in [0.25, 0.3) is 0 Å². The van der Waals surface area contributed by atoms with Crippen molar-refractivity contribution in [2.75, 3.05) is 0 Å². The van der Waals surface area contributed by atoms with Gasteiger partial charge in [0.05, 0.1) is 0 Å². The summed E-state index contributed by atoms with van der Waals surface area (Å²) in [6.45, 7) is 3.26. The van der Waals surface area contributed by atoms with Gasteiger partial charge in [-0.15, -0.1) is 0 Å². The maximum absolute atomic E-state index is 10.2. The van der Waals surface area contributed by atoms with E-state index < -0.39 is 0 Å². The molecule has 2 heteroatoms. The van der Waals surface area contributed by atoms with Gasteiger partial charge in [-0.2, -0.15) is 0 Å². The summed E-state index contributed by atoms with van der Waals surface area (Å²) in [6.07, 6.45) is 0.417. The molecule has 0 bridgehead atoms. The third kappa shape index (κ3) is 5.60. The van der Waals surface area contributed by atoms with Gasteiger partial charge in [0.15, 0.2) is 0 Å². The molecule has 7 heavy (non-hydrogen) atoms. The average Bonchev–Trinajstić information content (AvgIpc) is 1.27. The number of ketones is 1. The predicted molar refractivity (Wildman–Crippen MR) is 31.7 cm³/mol. The zero-order valence-corrected chi connectivity index (χ0v) is 4.69. The minimum atomic E-state index is 0.125. The summed E-state index contributed by atoms with van der Waals surface area (Å²) >= 11 is 0. The number of hydrogen-bond acceptors (Lipinski definition) is 1. The number of Topliss-reactive ketones (excluding diaryl/α,β-unsaturated/α-hetero) is 1. The molecular weight excluding hydrogens is 86.9 g/mol. The standard InChI is InChI=1S/C5H8BO/c1-4(6)3-5(2)7/h3H2,1-2H3. The van der Waals surface area contributed by atoms with E-state index in [0.717, 1.165) is 0 Å². The summed E-state index contributed by atoms with van der Waals surface area (Å²) in [6, 6.07) is 0. The normalized spacial score (nSPS) is 8.14. The molecule has 0 fully saturated rings. The first-order chi connectivity index (χ1) is 3.13. The van der Waals surface area contributed by atoms with Crippen molar-refractivity contribution >= 4 is 18.7 Å². The number of hydrogen-bond donors (Lipinski definition) is 0. The van der Waals surface area contributed by atoms with E-state index in [1.165, 1.54) is 6.92 Å². The Morgan fingerprint density at radius 2 is 2.00 bits per heavy atom. The van der Waals surface area contributed by atoms with Crippen LogP contribution >= 0.6 is 0 Å². The van der Waals surface area contributed by atoms with Gasteiger partial charge in [-0.1, -0.05) is 0 Å². The molecule has 0 aliphatic carbocycles. The second-order valence-corrected chi connectivity index (χ2v) is 1.73. The minimum absolute atomic E-state index is 0.125. The van der Waals surface area contributed by atoms with Gasteiger partial charge in [0.1, 0.15) is 0 Å². The van der Waals surface area contributed by atoms with Crippen LogP contribution in [0, 0.1) is 0 Å². The molecule has 0 saturated carbocycles. The van der Waals surface area contributed by atoms with Crippen molar-refractivity contribution in [2.45, 2.75) is 20.3 Å². The molecule has 0 heterocycles. The van der Waals surface area contributed by atoms with E-state index in [1.807, 2.05) is 0 Å². The van der Waals surface area contributed by atoms with Crippen LogP contribution in [0.5, 0.6) is 0 Å². The fraction of sp³-hybridized carbons (Fsp3) is 0.600. The summed E-state index contributed by atoms with van der Waals surface area (Å²) in [5.41, 5.74) is 0.688. The monoisotopic (exact) mass is 95.1 g/mol. The predicted octanol–water partition coefficient (Wildman–Crippen LogP) is 0.326. The van der Waals surface area contributed by atoms with E-state index in [4.69, 9.17) is 7.49 Å². The van der Waals surface area contributed by atoms with Gasteiger partial charge in [-0.05, 0) is 0 Å². The molecule has 0 aliphatic rings. The third-order valence-corrected chi connectivity index (χ3v) is 0.528. The zero-order valence-electron chi connectivity index (χ0n) is 4.69. The Morgan fingerprint density at radius 3 is 2.00 bits per heavy atom. The summed E-state index contributed by atoms with van der Waals surface area (Å²) in [5, 5.41) is 0. The molecule has 0 atom stereocenters. The van der Waals surface area contributed by atoms with E-state index in [2.05, 4.69) is 0 Å². The van der Waals surface area contributed by atoms with Crippen molar-refractivity contribution in [3.05, 3.63) is 0 Å². The Morgan fingerprint density at radius 1 is 1.57 bits per heavy atom. The molecule has 0 rings (SSSR count). The number of rotatable bonds is 2. The third-order valence-electron chi connectivity index (χ3n) is 0.528. The van der Waals surface area contributed by atoms with Crippen molar-refractivity contribution in [3.63, 3.8) is 0 Å². The summed E-state index contributed by atoms with van der Waals surface area (Å²) in [7, 11) is 5.19. The van der Waals surface area contributed by atoms with Crippen LogP contribution < -0.4 is 0 Å². The molecule has 0 aromatic carbocycles. The summed E-state index contributed by atoms with van der Waals surface area (Å²) in [5.74, 6) is 0.125. The van der Waals surface area contributed by atoms with Gasteiger partial charge >= 0.3 is 43.8 Å². The second-order valence-electron chi connectivity index (χ2n) is 1.73. The van der Waals surface area contributed by atoms with Crippen molar-refractivity contribution in [2.24, 2.45) is 0 Å². The van der Waals surface area contributed by atoms with Crippen LogP contribution in [0.25, 0.3) is 0 Å². The van der Waals surface area contributed by atoms with Crippen LogP contribution in [-0.2, 0) is 4.79 Å². The summed E-state index contributed by atoms with van der Waals surface area (Å²) in [4.78, 5) is 10.2. The van der Waals surface area contributed by atoms with Gasteiger partial charge in [-0.3, -0.25) is 0 Å². The van der Waals surface area contributed by atoms with E-state index in [0.29, 0.717) is 11.9 Å². The average molecular weight is 94.9 g/mol. The fourth-order valence-electron chi connectivity index (χ4n) is 0.393. The number of carbonyl (C=O) groups is 1. The first-order valence-electron chi connectivity index (χ1n) is 2.20. The van der Waals surface area contributed by atoms with Gasteiger partial charge in [0.2, 0.25) is 0 Å². The van der Waals surface area contributed by atoms with Crippen LogP contribution in [0.2, 0.25) is 0 Å². The first-order valence-corrected chi connectivity index (χ1v) is 2.20. The topological polar surface area (TPSA) is 17.1 Å². The number of carbonyl (C=O) groups excluding carboxylic acids is 1. The molecule has 0 N–H and O–H groups in total. The Bertz CT molecular complexity index is 84.3. The SMILES string of the molecule is [B]=C(C)CC(C)=O. The van der Waals surface area contributed by atoms with Crippen molar-refractivity contribution < 1.29 is 4.79 Å². The molecule has 0 aromatic heterocycles. The van der Waals surface area contributed by atoms with Crippen LogP contribution in [0.15, 0.2) is 0 Å². The fourth-order valence-corrected chi connectivity index (χ4v) is 0.393. The summed E-state index contributed by atoms with van der Waals surface area (Å²) < 4.78 is 0. The molecule has 0 saturated heterocycles.